The first-order chi connectivity index (χ1) is 12.6. The molecule has 3 heterocycles. The molecule has 0 spiro atoms. The Morgan fingerprint density at radius 2 is 2.12 bits per heavy atom. The molecule has 3 nitrogen and oxygen atoms in total. The number of furan rings is 1. The number of Topliss-reactive ketones (excluding diaryl/α,β-unsaturated/α-hetero) is 1. The van der Waals surface area contributed by atoms with Crippen molar-refractivity contribution < 1.29 is 9.21 Å². The molecular formula is C23H31NO2. The normalized spacial score (nSPS) is 25.2. The highest BCUT2D eigenvalue weighted by Crippen LogP contribution is 2.41. The minimum atomic E-state index is 0.0781. The molecule has 2 saturated heterocycles. The first-order valence-electron chi connectivity index (χ1n) is 10.4. The summed E-state index contributed by atoms with van der Waals surface area (Å²) in [6.45, 7) is 8.67. The average Bonchev–Trinajstić information content (AvgIpc) is 3.01. The number of nitrogens with zero attached hydrogens (tertiary/aromatic N) is 1. The Bertz CT molecular complexity index is 806. The molecule has 3 atom stereocenters. The van der Waals surface area contributed by atoms with Crippen molar-refractivity contribution in [1.82, 2.24) is 4.90 Å². The smallest absolute Gasteiger partial charge is 0.165 e. The molecule has 3 heteroatoms. The number of aryl methyl sites for hydroxylation is 1. The number of hydrogen-bond acceptors (Lipinski definition) is 3. The average molecular weight is 354 g/mol. The third-order valence-electron chi connectivity index (χ3n) is 6.74. The second-order valence-corrected chi connectivity index (χ2v) is 8.36. The predicted molar refractivity (Wildman–Crippen MR) is 106 cm³/mol. The molecule has 0 amide bonds. The van der Waals surface area contributed by atoms with E-state index in [1.54, 1.807) is 0 Å². The number of rotatable bonds is 4. The lowest BCUT2D eigenvalue weighted by Gasteiger charge is -2.42. The summed E-state index contributed by atoms with van der Waals surface area (Å²) in [5.41, 5.74) is 3.14. The molecule has 2 fully saturated rings. The quantitative estimate of drug-likeness (QED) is 0.661. The van der Waals surface area contributed by atoms with Gasteiger partial charge in [-0.2, -0.15) is 0 Å². The minimum Gasteiger partial charge on any atom is -0.461 e. The van der Waals surface area contributed by atoms with Gasteiger partial charge in [-0.3, -0.25) is 4.79 Å². The van der Waals surface area contributed by atoms with E-state index in [1.165, 1.54) is 56.1 Å². The van der Waals surface area contributed by atoms with Gasteiger partial charge in [-0.15, -0.1) is 0 Å². The second-order valence-electron chi connectivity index (χ2n) is 8.36. The van der Waals surface area contributed by atoms with Crippen LogP contribution in [0.4, 0.5) is 0 Å². The molecule has 3 unspecified atom stereocenters. The lowest BCUT2D eigenvalue weighted by molar-refractivity contribution is 0.0927. The predicted octanol–water partition coefficient (Wildman–Crippen LogP) is 5.70. The summed E-state index contributed by atoms with van der Waals surface area (Å²) in [7, 11) is 0. The van der Waals surface area contributed by atoms with Gasteiger partial charge in [-0.05, 0) is 76.2 Å². The van der Waals surface area contributed by atoms with E-state index in [1.807, 2.05) is 19.1 Å². The maximum atomic E-state index is 12.7. The van der Waals surface area contributed by atoms with E-state index in [0.29, 0.717) is 5.92 Å². The number of hydrogen-bond donors (Lipinski definition) is 0. The van der Waals surface area contributed by atoms with Crippen molar-refractivity contribution in [3.8, 4) is 0 Å². The summed E-state index contributed by atoms with van der Waals surface area (Å²) in [5.74, 6) is 1.93. The highest BCUT2D eigenvalue weighted by atomic mass is 16.3. The van der Waals surface area contributed by atoms with E-state index in [4.69, 9.17) is 4.42 Å². The molecule has 1 aromatic heterocycles. The van der Waals surface area contributed by atoms with Gasteiger partial charge in [0.25, 0.3) is 0 Å². The molecule has 0 bridgehead atoms. The Kier molecular flexibility index (Phi) is 4.92. The van der Waals surface area contributed by atoms with Crippen LogP contribution >= 0.6 is 0 Å². The summed E-state index contributed by atoms with van der Waals surface area (Å²) in [4.78, 5) is 15.4. The Hall–Kier alpha value is -1.61. The molecule has 0 radical (unpaired) electrons. The summed E-state index contributed by atoms with van der Waals surface area (Å²) in [6, 6.07) is 6.77. The van der Waals surface area contributed by atoms with Crippen molar-refractivity contribution in [1.29, 1.82) is 0 Å². The van der Waals surface area contributed by atoms with E-state index >= 15 is 0 Å². The molecule has 2 aromatic rings. The van der Waals surface area contributed by atoms with Crippen molar-refractivity contribution in [2.24, 2.45) is 5.92 Å². The van der Waals surface area contributed by atoms with E-state index in [9.17, 15) is 4.79 Å². The van der Waals surface area contributed by atoms with Gasteiger partial charge in [0.15, 0.2) is 5.78 Å². The van der Waals surface area contributed by atoms with Gasteiger partial charge in [0.1, 0.15) is 11.3 Å². The van der Waals surface area contributed by atoms with Crippen LogP contribution in [0.15, 0.2) is 22.6 Å². The lowest BCUT2D eigenvalue weighted by Crippen LogP contribution is -2.44. The number of carbonyl (C=O) groups is 1. The lowest BCUT2D eigenvalue weighted by atomic mass is 9.81. The zero-order valence-electron chi connectivity index (χ0n) is 16.4. The number of ketones is 1. The topological polar surface area (TPSA) is 33.5 Å². The molecule has 0 aliphatic carbocycles. The Morgan fingerprint density at radius 1 is 1.27 bits per heavy atom. The van der Waals surface area contributed by atoms with Crippen molar-refractivity contribution >= 4 is 16.8 Å². The third-order valence-corrected chi connectivity index (χ3v) is 6.74. The van der Waals surface area contributed by atoms with Gasteiger partial charge in [-0.25, -0.2) is 0 Å². The van der Waals surface area contributed by atoms with E-state index in [-0.39, 0.29) is 11.7 Å². The van der Waals surface area contributed by atoms with Crippen LogP contribution in [0, 0.1) is 12.8 Å². The molecule has 1 aromatic carbocycles. The summed E-state index contributed by atoms with van der Waals surface area (Å²) < 4.78 is 6.08. The largest absolute Gasteiger partial charge is 0.461 e. The van der Waals surface area contributed by atoms with E-state index in [2.05, 4.69) is 24.8 Å². The third kappa shape index (κ3) is 3.11. The van der Waals surface area contributed by atoms with Crippen LogP contribution < -0.4 is 0 Å². The van der Waals surface area contributed by atoms with Crippen LogP contribution in [-0.4, -0.2) is 29.8 Å². The Labute approximate surface area is 156 Å². The molecule has 2 aliphatic heterocycles. The van der Waals surface area contributed by atoms with Crippen LogP contribution in [0.5, 0.6) is 0 Å². The van der Waals surface area contributed by atoms with Crippen molar-refractivity contribution in [2.75, 3.05) is 13.1 Å². The minimum absolute atomic E-state index is 0.0781. The number of piperidine rings is 2. The first kappa shape index (κ1) is 17.8. The van der Waals surface area contributed by atoms with Crippen LogP contribution in [0.2, 0.25) is 0 Å². The summed E-state index contributed by atoms with van der Waals surface area (Å²) in [6.07, 6.45) is 7.38. The highest BCUT2D eigenvalue weighted by Gasteiger charge is 2.33. The van der Waals surface area contributed by atoms with Gasteiger partial charge in [0.2, 0.25) is 0 Å². The molecular weight excluding hydrogens is 322 g/mol. The number of benzene rings is 1. The molecule has 4 rings (SSSR count). The summed E-state index contributed by atoms with van der Waals surface area (Å²) in [5, 5.41) is 1.17. The van der Waals surface area contributed by atoms with Gasteiger partial charge in [-0.1, -0.05) is 20.3 Å². The number of fused-ring (bicyclic) bond motifs is 2. The SMILES string of the molecule is CCC(C)C(=O)c1ccc2oc(C)c(C3CCN4CCCCC4C3)c2c1. The fraction of sp³-hybridized carbons (Fsp3) is 0.609. The standard InChI is InChI=1S/C23H31NO2/c1-4-15(2)23(25)18-8-9-21-20(14-18)22(16(3)26-21)17-10-12-24-11-6-5-7-19(24)13-17/h8-9,14-15,17,19H,4-7,10-13H2,1-3H3. The van der Waals surface area contributed by atoms with Crippen molar-refractivity contribution in [3.63, 3.8) is 0 Å². The van der Waals surface area contributed by atoms with Crippen molar-refractivity contribution in [2.45, 2.75) is 71.3 Å². The van der Waals surface area contributed by atoms with Gasteiger partial charge >= 0.3 is 0 Å². The van der Waals surface area contributed by atoms with Crippen molar-refractivity contribution in [3.05, 3.63) is 35.1 Å². The Morgan fingerprint density at radius 3 is 2.92 bits per heavy atom. The van der Waals surface area contributed by atoms with Crippen LogP contribution in [0.1, 0.15) is 80.0 Å². The second kappa shape index (κ2) is 7.19. The van der Waals surface area contributed by atoms with Crippen LogP contribution in [-0.2, 0) is 0 Å². The van der Waals surface area contributed by atoms with Gasteiger partial charge in [0, 0.05) is 28.5 Å². The van der Waals surface area contributed by atoms with Crippen LogP contribution in [0.25, 0.3) is 11.0 Å². The highest BCUT2D eigenvalue weighted by molar-refractivity contribution is 6.01. The van der Waals surface area contributed by atoms with Crippen LogP contribution in [0.3, 0.4) is 0 Å². The molecule has 140 valence electrons. The molecule has 26 heavy (non-hydrogen) atoms. The fourth-order valence-corrected chi connectivity index (χ4v) is 5.02. The van der Waals surface area contributed by atoms with Gasteiger partial charge < -0.3 is 9.32 Å². The zero-order chi connectivity index (χ0) is 18.3. The fourth-order valence-electron chi connectivity index (χ4n) is 5.02. The van der Waals surface area contributed by atoms with E-state index < -0.39 is 0 Å². The zero-order valence-corrected chi connectivity index (χ0v) is 16.4. The number of carbonyl (C=O) groups excluding carboxylic acids is 1. The van der Waals surface area contributed by atoms with Gasteiger partial charge in [0.05, 0.1) is 0 Å². The maximum Gasteiger partial charge on any atom is 0.165 e. The first-order valence-corrected chi connectivity index (χ1v) is 10.4. The molecule has 0 N–H and O–H groups in total. The monoisotopic (exact) mass is 353 g/mol. The molecule has 2 aliphatic rings. The van der Waals surface area contributed by atoms with E-state index in [0.717, 1.165) is 29.4 Å². The molecule has 0 saturated carbocycles. The summed E-state index contributed by atoms with van der Waals surface area (Å²) >= 11 is 0. The maximum absolute atomic E-state index is 12.7. The Balaban J connectivity index is 1.68.